The van der Waals surface area contributed by atoms with Gasteiger partial charge in [0.05, 0.1) is 6.07 Å². The zero-order chi connectivity index (χ0) is 25.6. The van der Waals surface area contributed by atoms with E-state index in [-0.39, 0.29) is 0 Å². The largest absolute Gasteiger partial charge is 0.308 e. The molecule has 0 saturated heterocycles. The maximum absolute atomic E-state index is 9.34. The minimum Gasteiger partial charge on any atom is -0.308 e. The molecule has 1 N–H and O–H groups in total. The van der Waals surface area contributed by atoms with Gasteiger partial charge in [-0.15, -0.1) is 0 Å². The Kier molecular flexibility index (Phi) is 5.89. The first-order chi connectivity index (χ1) is 18.7. The summed E-state index contributed by atoms with van der Waals surface area (Å²) < 4.78 is 0. The van der Waals surface area contributed by atoms with Gasteiger partial charge in [-0.1, -0.05) is 60.8 Å². The lowest BCUT2D eigenvalue weighted by atomic mass is 9.61. The number of nitrogens with one attached hydrogen (secondary N) is 1. The maximum Gasteiger partial charge on any atom is 0.0947 e. The van der Waals surface area contributed by atoms with Crippen molar-refractivity contribution >= 4 is 6.21 Å². The van der Waals surface area contributed by atoms with E-state index >= 15 is 0 Å². The Morgan fingerprint density at radius 3 is 2.55 bits per heavy atom. The van der Waals surface area contributed by atoms with Crippen LogP contribution in [0.25, 0.3) is 0 Å². The van der Waals surface area contributed by atoms with Crippen molar-refractivity contribution in [3.8, 4) is 6.07 Å². The monoisotopic (exact) mass is 494 g/mol. The highest BCUT2D eigenvalue weighted by molar-refractivity contribution is 5.77. The molecule has 3 atom stereocenters. The lowest BCUT2D eigenvalue weighted by Gasteiger charge is -2.42. The van der Waals surface area contributed by atoms with Crippen LogP contribution in [0.15, 0.2) is 128 Å². The molecule has 0 saturated carbocycles. The molecule has 7 aliphatic carbocycles. The standard InChI is InChI=1S/C36H34N2/c37-21-23-8-11-25(12-9-23)30-6-3-7-34-35-20-29(16-17-32(35)31-4-1-2-5-33(31)36(30)34)28-15-14-26-18-24(22-38)10-13-27(26)19-28/h2-3,5-8,11,14-15,18,20-21,27,34,36-37H,1,4,9-10,12-13,16-17,19H2. The molecule has 38 heavy (non-hydrogen) atoms. The van der Waals surface area contributed by atoms with Crippen LogP contribution in [0, 0.1) is 34.5 Å². The molecule has 188 valence electrons. The van der Waals surface area contributed by atoms with Crippen LogP contribution in [0.1, 0.15) is 57.8 Å². The smallest absolute Gasteiger partial charge is 0.0947 e. The summed E-state index contributed by atoms with van der Waals surface area (Å²) in [5, 5.41) is 17.0. The summed E-state index contributed by atoms with van der Waals surface area (Å²) in [6.07, 6.45) is 36.9. The SMILES string of the molecule is N#CC1=CC2=CC=C(C3=CC4=C(CC3)C3=C(C=CCC3)C3C(C5=CC=C(C=N)CC5)=CC=CC43)CC2CC1. The predicted molar refractivity (Wildman–Crippen MR) is 155 cm³/mol. The zero-order valence-corrected chi connectivity index (χ0v) is 22.0. The van der Waals surface area contributed by atoms with E-state index in [2.05, 4.69) is 72.9 Å². The maximum atomic E-state index is 9.34. The molecular weight excluding hydrogens is 460 g/mol. The van der Waals surface area contributed by atoms with E-state index in [4.69, 9.17) is 5.41 Å². The van der Waals surface area contributed by atoms with Gasteiger partial charge in [0.25, 0.3) is 0 Å². The van der Waals surface area contributed by atoms with Crippen molar-refractivity contribution in [2.45, 2.75) is 57.8 Å². The second-order valence-electron chi connectivity index (χ2n) is 11.6. The summed E-state index contributed by atoms with van der Waals surface area (Å²) in [6, 6.07) is 2.37. The van der Waals surface area contributed by atoms with E-state index in [0.29, 0.717) is 17.8 Å². The Hall–Kier alpha value is -3.70. The van der Waals surface area contributed by atoms with Crippen molar-refractivity contribution in [2.24, 2.45) is 17.8 Å². The van der Waals surface area contributed by atoms with Crippen LogP contribution in [-0.4, -0.2) is 6.21 Å². The van der Waals surface area contributed by atoms with Crippen LogP contribution in [0.4, 0.5) is 0 Å². The fraction of sp³-hybridized carbons (Fsp3) is 0.333. The fourth-order valence-electron chi connectivity index (χ4n) is 7.73. The van der Waals surface area contributed by atoms with Crippen molar-refractivity contribution in [1.29, 1.82) is 10.7 Å². The highest BCUT2D eigenvalue weighted by atomic mass is 14.4. The van der Waals surface area contributed by atoms with Gasteiger partial charge in [-0.05, 0) is 126 Å². The first kappa shape index (κ1) is 23.4. The molecule has 0 fully saturated rings. The molecule has 0 heterocycles. The predicted octanol–water partition coefficient (Wildman–Crippen LogP) is 8.80. The van der Waals surface area contributed by atoms with Gasteiger partial charge in [-0.25, -0.2) is 0 Å². The van der Waals surface area contributed by atoms with Crippen LogP contribution >= 0.6 is 0 Å². The average Bonchev–Trinajstić information content (AvgIpc) is 3.00. The Morgan fingerprint density at radius 2 is 1.71 bits per heavy atom. The molecule has 0 aromatic carbocycles. The van der Waals surface area contributed by atoms with Gasteiger partial charge in [0.15, 0.2) is 0 Å². The molecule has 0 aromatic rings. The van der Waals surface area contributed by atoms with Gasteiger partial charge in [0, 0.05) is 23.6 Å². The molecule has 7 rings (SSSR count). The molecule has 2 heteroatoms. The molecule has 0 aromatic heterocycles. The highest BCUT2D eigenvalue weighted by Crippen LogP contribution is 2.53. The van der Waals surface area contributed by atoms with Gasteiger partial charge in [-0.2, -0.15) is 5.26 Å². The normalized spacial score (nSPS) is 29.7. The fourth-order valence-corrected chi connectivity index (χ4v) is 7.73. The van der Waals surface area contributed by atoms with E-state index in [1.54, 1.807) is 22.3 Å². The average molecular weight is 495 g/mol. The van der Waals surface area contributed by atoms with E-state index < -0.39 is 0 Å². The Balaban J connectivity index is 1.27. The number of rotatable bonds is 3. The number of fused-ring (bicyclic) bond motifs is 5. The molecule has 0 bridgehead atoms. The van der Waals surface area contributed by atoms with Crippen LogP contribution in [0.5, 0.6) is 0 Å². The van der Waals surface area contributed by atoms with Crippen LogP contribution in [0.2, 0.25) is 0 Å². The second-order valence-corrected chi connectivity index (χ2v) is 11.6. The minimum absolute atomic E-state index is 0.391. The van der Waals surface area contributed by atoms with Gasteiger partial charge < -0.3 is 5.41 Å². The Morgan fingerprint density at radius 1 is 0.842 bits per heavy atom. The van der Waals surface area contributed by atoms with Crippen molar-refractivity contribution in [2.75, 3.05) is 0 Å². The number of hydrogen-bond acceptors (Lipinski definition) is 2. The third-order valence-electron chi connectivity index (χ3n) is 9.69. The summed E-state index contributed by atoms with van der Waals surface area (Å²) in [5.74, 6) is 1.34. The Labute approximate surface area is 226 Å². The van der Waals surface area contributed by atoms with Gasteiger partial charge in [0.2, 0.25) is 0 Å². The van der Waals surface area contributed by atoms with Gasteiger partial charge >= 0.3 is 0 Å². The molecule has 0 spiro atoms. The molecular formula is C36H34N2. The van der Waals surface area contributed by atoms with E-state index in [1.165, 1.54) is 34.1 Å². The number of hydrogen-bond donors (Lipinski definition) is 1. The lowest BCUT2D eigenvalue weighted by molar-refractivity contribution is 0.538. The summed E-state index contributed by atoms with van der Waals surface area (Å²) in [6.45, 7) is 0. The van der Waals surface area contributed by atoms with Crippen molar-refractivity contribution in [1.82, 2.24) is 0 Å². The quantitative estimate of drug-likeness (QED) is 0.392. The summed E-state index contributed by atoms with van der Waals surface area (Å²) in [7, 11) is 0. The van der Waals surface area contributed by atoms with Gasteiger partial charge in [-0.3, -0.25) is 0 Å². The van der Waals surface area contributed by atoms with Crippen molar-refractivity contribution in [3.63, 3.8) is 0 Å². The van der Waals surface area contributed by atoms with Crippen LogP contribution < -0.4 is 0 Å². The Bertz CT molecular complexity index is 1510. The molecule has 0 amide bonds. The van der Waals surface area contributed by atoms with E-state index in [1.807, 2.05) is 0 Å². The number of nitriles is 1. The molecule has 0 aliphatic heterocycles. The molecule has 0 radical (unpaired) electrons. The first-order valence-electron chi connectivity index (χ1n) is 14.4. The van der Waals surface area contributed by atoms with Crippen molar-refractivity contribution < 1.29 is 0 Å². The third kappa shape index (κ3) is 3.88. The first-order valence-corrected chi connectivity index (χ1v) is 14.4. The van der Waals surface area contributed by atoms with Gasteiger partial charge in [0.1, 0.15) is 0 Å². The molecule has 7 aliphatic rings. The second kappa shape index (κ2) is 9.55. The third-order valence-corrected chi connectivity index (χ3v) is 9.69. The number of allylic oxidation sites excluding steroid dienone is 22. The zero-order valence-electron chi connectivity index (χ0n) is 22.0. The summed E-state index contributed by atoms with van der Waals surface area (Å²) in [5.41, 5.74) is 15.7. The summed E-state index contributed by atoms with van der Waals surface area (Å²) in [4.78, 5) is 0. The lowest BCUT2D eigenvalue weighted by Crippen LogP contribution is -2.30. The molecule has 3 unspecified atom stereocenters. The molecule has 2 nitrogen and oxygen atoms in total. The topological polar surface area (TPSA) is 47.6 Å². The van der Waals surface area contributed by atoms with Crippen molar-refractivity contribution in [3.05, 3.63) is 128 Å². The highest BCUT2D eigenvalue weighted by Gasteiger charge is 2.40. The van der Waals surface area contributed by atoms with E-state index in [0.717, 1.165) is 68.9 Å². The number of nitrogens with zero attached hydrogens (tertiary/aromatic N) is 1. The summed E-state index contributed by atoms with van der Waals surface area (Å²) >= 11 is 0. The van der Waals surface area contributed by atoms with E-state index in [9.17, 15) is 5.26 Å². The van der Waals surface area contributed by atoms with Crippen LogP contribution in [-0.2, 0) is 0 Å². The minimum atomic E-state index is 0.391. The van der Waals surface area contributed by atoms with Crippen LogP contribution in [0.3, 0.4) is 0 Å².